The van der Waals surface area contributed by atoms with E-state index in [-0.39, 0.29) is 12.0 Å². The van der Waals surface area contributed by atoms with E-state index in [0.29, 0.717) is 6.54 Å². The van der Waals surface area contributed by atoms with E-state index in [1.807, 2.05) is 19.1 Å². The van der Waals surface area contributed by atoms with Gasteiger partial charge in [0.15, 0.2) is 0 Å². The molecule has 1 heterocycles. The van der Waals surface area contributed by atoms with Gasteiger partial charge in [0.05, 0.1) is 6.61 Å². The van der Waals surface area contributed by atoms with Gasteiger partial charge in [-0.2, -0.15) is 0 Å². The second kappa shape index (κ2) is 4.17. The topological polar surface area (TPSA) is 59.1 Å². The summed E-state index contributed by atoms with van der Waals surface area (Å²) in [6.07, 6.45) is 1.73. The lowest BCUT2D eigenvalue weighted by Gasteiger charge is -2.25. The van der Waals surface area contributed by atoms with Gasteiger partial charge in [-0.05, 0) is 27.6 Å². The van der Waals surface area contributed by atoms with Gasteiger partial charge in [-0.1, -0.05) is 13.0 Å². The molecule has 1 unspecified atom stereocenters. The fourth-order valence-electron chi connectivity index (χ4n) is 1.01. The fraction of sp³-hybridized carbons (Fsp3) is 0.444. The number of aliphatic hydroxyl groups excluding tert-OH is 1. The molecule has 1 aromatic rings. The third-order valence-electron chi connectivity index (χ3n) is 2.22. The molecule has 0 aliphatic carbocycles. The number of hydrogen-bond donors (Lipinski definition) is 2. The first-order valence-electron chi connectivity index (χ1n) is 4.05. The van der Waals surface area contributed by atoms with Gasteiger partial charge in [-0.3, -0.25) is 0 Å². The van der Waals surface area contributed by atoms with Crippen LogP contribution in [-0.2, 0) is 5.41 Å². The van der Waals surface area contributed by atoms with Crippen LogP contribution in [0.15, 0.2) is 22.9 Å². The molecule has 0 radical (unpaired) electrons. The smallest absolute Gasteiger partial charge is 0.106 e. The van der Waals surface area contributed by atoms with E-state index < -0.39 is 0 Å². The summed E-state index contributed by atoms with van der Waals surface area (Å²) in [5.74, 6) is 0. The van der Waals surface area contributed by atoms with E-state index in [9.17, 15) is 5.11 Å². The van der Waals surface area contributed by atoms with E-state index in [2.05, 4.69) is 20.9 Å². The third-order valence-corrected chi connectivity index (χ3v) is 2.69. The summed E-state index contributed by atoms with van der Waals surface area (Å²) < 4.78 is 0.786. The van der Waals surface area contributed by atoms with E-state index in [4.69, 9.17) is 5.73 Å². The fourth-order valence-corrected chi connectivity index (χ4v) is 1.24. The van der Waals surface area contributed by atoms with Crippen molar-refractivity contribution in [2.45, 2.75) is 12.3 Å². The first kappa shape index (κ1) is 10.6. The van der Waals surface area contributed by atoms with E-state index in [0.717, 1.165) is 10.2 Å². The second-order valence-electron chi connectivity index (χ2n) is 3.29. The lowest BCUT2D eigenvalue weighted by Crippen LogP contribution is -2.35. The molecular formula is C9H13BrN2O. The monoisotopic (exact) mass is 244 g/mol. The average Bonchev–Trinajstić information content (AvgIpc) is 2.18. The van der Waals surface area contributed by atoms with Crippen LogP contribution in [0.2, 0.25) is 0 Å². The molecule has 1 aromatic heterocycles. The van der Waals surface area contributed by atoms with Gasteiger partial charge in [0, 0.05) is 18.2 Å². The Balaban J connectivity index is 2.99. The minimum atomic E-state index is -0.381. The van der Waals surface area contributed by atoms with Gasteiger partial charge >= 0.3 is 0 Å². The van der Waals surface area contributed by atoms with Gasteiger partial charge < -0.3 is 10.8 Å². The average molecular weight is 245 g/mol. The second-order valence-corrected chi connectivity index (χ2v) is 4.10. The van der Waals surface area contributed by atoms with E-state index >= 15 is 0 Å². The SMILES string of the molecule is CC(CN)(CO)c1ccc(Br)nc1. The molecule has 0 bridgehead atoms. The number of rotatable bonds is 3. The Morgan fingerprint density at radius 2 is 2.31 bits per heavy atom. The number of halogens is 1. The van der Waals surface area contributed by atoms with Crippen LogP contribution in [0.5, 0.6) is 0 Å². The summed E-state index contributed by atoms with van der Waals surface area (Å²) in [6, 6.07) is 3.76. The Morgan fingerprint density at radius 3 is 2.69 bits per heavy atom. The largest absolute Gasteiger partial charge is 0.395 e. The predicted molar refractivity (Wildman–Crippen MR) is 55.4 cm³/mol. The molecule has 3 N–H and O–H groups in total. The van der Waals surface area contributed by atoms with Crippen molar-refractivity contribution in [3.05, 3.63) is 28.5 Å². The molecule has 0 fully saturated rings. The first-order valence-corrected chi connectivity index (χ1v) is 4.84. The number of aliphatic hydroxyl groups is 1. The molecule has 0 saturated carbocycles. The van der Waals surface area contributed by atoms with Gasteiger partial charge in [-0.15, -0.1) is 0 Å². The molecule has 0 aliphatic rings. The highest BCUT2D eigenvalue weighted by Gasteiger charge is 2.24. The summed E-state index contributed by atoms with van der Waals surface area (Å²) in [5, 5.41) is 9.19. The van der Waals surface area contributed by atoms with Crippen molar-refractivity contribution in [2.75, 3.05) is 13.2 Å². The van der Waals surface area contributed by atoms with Crippen molar-refractivity contribution >= 4 is 15.9 Å². The number of hydrogen-bond acceptors (Lipinski definition) is 3. The van der Waals surface area contributed by atoms with Crippen LogP contribution in [-0.4, -0.2) is 23.2 Å². The van der Waals surface area contributed by atoms with Crippen LogP contribution >= 0.6 is 15.9 Å². The zero-order valence-electron chi connectivity index (χ0n) is 7.50. The number of pyridine rings is 1. The lowest BCUT2D eigenvalue weighted by atomic mass is 9.84. The molecular weight excluding hydrogens is 232 g/mol. The van der Waals surface area contributed by atoms with Crippen molar-refractivity contribution in [3.63, 3.8) is 0 Å². The molecule has 13 heavy (non-hydrogen) atoms. The highest BCUT2D eigenvalue weighted by molar-refractivity contribution is 9.10. The highest BCUT2D eigenvalue weighted by atomic mass is 79.9. The minimum absolute atomic E-state index is 0.0345. The summed E-state index contributed by atoms with van der Waals surface area (Å²) in [5.41, 5.74) is 6.17. The number of nitrogens with zero attached hydrogens (tertiary/aromatic N) is 1. The number of nitrogens with two attached hydrogens (primary N) is 1. The van der Waals surface area contributed by atoms with Crippen molar-refractivity contribution in [2.24, 2.45) is 5.73 Å². The molecule has 0 aliphatic heterocycles. The van der Waals surface area contributed by atoms with Gasteiger partial charge in [0.2, 0.25) is 0 Å². The zero-order valence-corrected chi connectivity index (χ0v) is 9.08. The quantitative estimate of drug-likeness (QED) is 0.782. The maximum absolute atomic E-state index is 9.19. The van der Waals surface area contributed by atoms with Crippen LogP contribution in [0.25, 0.3) is 0 Å². The van der Waals surface area contributed by atoms with Crippen LogP contribution in [0.1, 0.15) is 12.5 Å². The van der Waals surface area contributed by atoms with Crippen LogP contribution in [0, 0.1) is 0 Å². The number of aromatic nitrogens is 1. The summed E-state index contributed by atoms with van der Waals surface area (Å²) in [7, 11) is 0. The highest BCUT2D eigenvalue weighted by Crippen LogP contribution is 2.21. The van der Waals surface area contributed by atoms with Gasteiger partial charge in [0.1, 0.15) is 4.60 Å². The molecule has 72 valence electrons. The first-order chi connectivity index (χ1) is 6.12. The van der Waals surface area contributed by atoms with E-state index in [1.54, 1.807) is 6.20 Å². The zero-order chi connectivity index (χ0) is 9.90. The van der Waals surface area contributed by atoms with Gasteiger partial charge in [-0.25, -0.2) is 4.98 Å². The minimum Gasteiger partial charge on any atom is -0.395 e. The maximum Gasteiger partial charge on any atom is 0.106 e. The van der Waals surface area contributed by atoms with Crippen molar-refractivity contribution in [3.8, 4) is 0 Å². The standard InChI is InChI=1S/C9H13BrN2O/c1-9(5-11,6-13)7-2-3-8(10)12-4-7/h2-4,13H,5-6,11H2,1H3. The maximum atomic E-state index is 9.19. The molecule has 0 spiro atoms. The Kier molecular flexibility index (Phi) is 3.41. The molecule has 0 amide bonds. The predicted octanol–water partition coefficient (Wildman–Crippen LogP) is 1.05. The summed E-state index contributed by atoms with van der Waals surface area (Å²) in [6.45, 7) is 2.36. The van der Waals surface area contributed by atoms with Crippen LogP contribution in [0.4, 0.5) is 0 Å². The Morgan fingerprint density at radius 1 is 1.62 bits per heavy atom. The Bertz CT molecular complexity index is 269. The Labute approximate surface area is 86.1 Å². The normalized spacial score (nSPS) is 15.4. The summed E-state index contributed by atoms with van der Waals surface area (Å²) >= 11 is 3.25. The van der Waals surface area contributed by atoms with E-state index in [1.165, 1.54) is 0 Å². The van der Waals surface area contributed by atoms with Gasteiger partial charge in [0.25, 0.3) is 0 Å². The van der Waals surface area contributed by atoms with Crippen LogP contribution in [0.3, 0.4) is 0 Å². The van der Waals surface area contributed by atoms with Crippen molar-refractivity contribution in [1.29, 1.82) is 0 Å². The molecule has 0 saturated heterocycles. The van der Waals surface area contributed by atoms with Crippen molar-refractivity contribution in [1.82, 2.24) is 4.98 Å². The molecule has 0 aromatic carbocycles. The summed E-state index contributed by atoms with van der Waals surface area (Å²) in [4.78, 5) is 4.09. The molecule has 3 nitrogen and oxygen atoms in total. The van der Waals surface area contributed by atoms with Crippen LogP contribution < -0.4 is 5.73 Å². The molecule has 1 rings (SSSR count). The Hall–Kier alpha value is -0.450. The molecule has 4 heteroatoms. The lowest BCUT2D eigenvalue weighted by molar-refractivity contribution is 0.210. The third kappa shape index (κ3) is 2.27. The molecule has 1 atom stereocenters. The van der Waals surface area contributed by atoms with Crippen molar-refractivity contribution < 1.29 is 5.11 Å².